The molecule has 0 saturated carbocycles. The van der Waals surface area contributed by atoms with Gasteiger partial charge in [0.2, 0.25) is 15.9 Å². The van der Waals surface area contributed by atoms with E-state index in [0.717, 1.165) is 12.8 Å². The molecular weight excluding hydrogens is 442 g/mol. The van der Waals surface area contributed by atoms with Crippen LogP contribution < -0.4 is 15.4 Å². The lowest BCUT2D eigenvalue weighted by Gasteiger charge is -2.19. The third-order valence-corrected chi connectivity index (χ3v) is 7.58. The summed E-state index contributed by atoms with van der Waals surface area (Å²) in [7, 11) is -2.25. The molecule has 8 nitrogen and oxygen atoms in total. The maximum Gasteiger partial charge on any atom is 0.255 e. The molecule has 0 bridgehead atoms. The Hall–Kier alpha value is -2.91. The number of amides is 2. The highest BCUT2D eigenvalue weighted by atomic mass is 32.2. The van der Waals surface area contributed by atoms with Gasteiger partial charge in [-0.3, -0.25) is 9.59 Å². The average molecular weight is 476 g/mol. The van der Waals surface area contributed by atoms with Crippen LogP contribution in [0.5, 0.6) is 5.75 Å². The molecule has 0 unspecified atom stereocenters. The Bertz CT molecular complexity index is 1060. The second-order valence-electron chi connectivity index (χ2n) is 7.49. The minimum absolute atomic E-state index is 0.0480. The van der Waals surface area contributed by atoms with Crippen LogP contribution in [0.1, 0.15) is 50.9 Å². The van der Waals surface area contributed by atoms with Crippen LogP contribution in [-0.4, -0.2) is 44.7 Å². The van der Waals surface area contributed by atoms with Crippen molar-refractivity contribution in [2.45, 2.75) is 45.4 Å². The second-order valence-corrected chi connectivity index (χ2v) is 9.42. The minimum atomic E-state index is -3.69. The molecule has 0 saturated heterocycles. The zero-order chi connectivity index (χ0) is 24.6. The van der Waals surface area contributed by atoms with Crippen LogP contribution in [0.25, 0.3) is 0 Å². The summed E-state index contributed by atoms with van der Waals surface area (Å²) in [6.45, 7) is 8.16. The molecule has 180 valence electrons. The largest absolute Gasteiger partial charge is 0.495 e. The van der Waals surface area contributed by atoms with Crippen LogP contribution in [0.2, 0.25) is 0 Å². The SMILES string of the molecule is CCC(CC)C(=O)Nc1ccc(C(=O)Nc2cc(S(=O)(=O)N(CC)CC)ccc2OC)cc1. The first-order chi connectivity index (χ1) is 15.7. The van der Waals surface area contributed by atoms with Crippen LogP contribution in [0.15, 0.2) is 47.4 Å². The Morgan fingerprint density at radius 3 is 2.06 bits per heavy atom. The molecular formula is C24H33N3O5S. The first kappa shape index (κ1) is 26.3. The van der Waals surface area contributed by atoms with E-state index in [4.69, 9.17) is 4.74 Å². The van der Waals surface area contributed by atoms with Crippen molar-refractivity contribution in [2.24, 2.45) is 5.92 Å². The second kappa shape index (κ2) is 11.8. The Morgan fingerprint density at radius 2 is 1.55 bits per heavy atom. The Morgan fingerprint density at radius 1 is 0.939 bits per heavy atom. The smallest absolute Gasteiger partial charge is 0.255 e. The quantitative estimate of drug-likeness (QED) is 0.503. The van der Waals surface area contributed by atoms with Crippen molar-refractivity contribution < 1.29 is 22.7 Å². The maximum atomic E-state index is 12.9. The van der Waals surface area contributed by atoms with E-state index in [0.29, 0.717) is 30.1 Å². The predicted octanol–water partition coefficient (Wildman–Crippen LogP) is 4.35. The molecule has 2 amide bonds. The molecule has 2 N–H and O–H groups in total. The number of anilines is 2. The third-order valence-electron chi connectivity index (χ3n) is 5.53. The van der Waals surface area contributed by atoms with E-state index in [2.05, 4.69) is 10.6 Å². The Kier molecular flexibility index (Phi) is 9.43. The van der Waals surface area contributed by atoms with Crippen LogP contribution >= 0.6 is 0 Å². The van der Waals surface area contributed by atoms with Gasteiger partial charge in [-0.05, 0) is 55.3 Å². The van der Waals surface area contributed by atoms with Crippen LogP contribution in [0, 0.1) is 5.92 Å². The van der Waals surface area contributed by atoms with E-state index < -0.39 is 15.9 Å². The molecule has 2 aromatic rings. The lowest BCUT2D eigenvalue weighted by Crippen LogP contribution is -2.30. The lowest BCUT2D eigenvalue weighted by atomic mass is 10.0. The number of methoxy groups -OCH3 is 1. The van der Waals surface area contributed by atoms with E-state index in [1.807, 2.05) is 13.8 Å². The number of ether oxygens (including phenoxy) is 1. The van der Waals surface area contributed by atoms with Gasteiger partial charge in [0.25, 0.3) is 5.91 Å². The standard InChI is InChI=1S/C24H33N3O5S/c1-6-17(7-2)23(28)25-19-12-10-18(11-13-19)24(29)26-21-16-20(14-15-22(21)32-5)33(30,31)27(8-3)9-4/h10-17H,6-9H2,1-5H3,(H,25,28)(H,26,29). The summed E-state index contributed by atoms with van der Waals surface area (Å²) in [6, 6.07) is 10.9. The van der Waals surface area contributed by atoms with Crippen molar-refractivity contribution in [1.29, 1.82) is 0 Å². The summed E-state index contributed by atoms with van der Waals surface area (Å²) in [5, 5.41) is 5.59. The van der Waals surface area contributed by atoms with E-state index in [1.165, 1.54) is 29.6 Å². The molecule has 0 radical (unpaired) electrons. The van der Waals surface area contributed by atoms with Gasteiger partial charge in [0, 0.05) is 30.3 Å². The predicted molar refractivity (Wildman–Crippen MR) is 130 cm³/mol. The molecule has 0 fully saturated rings. The molecule has 2 rings (SSSR count). The van der Waals surface area contributed by atoms with Crippen molar-refractivity contribution in [3.8, 4) is 5.75 Å². The van der Waals surface area contributed by atoms with Crippen LogP contribution in [0.4, 0.5) is 11.4 Å². The van der Waals surface area contributed by atoms with E-state index in [1.54, 1.807) is 38.1 Å². The number of hydrogen-bond donors (Lipinski definition) is 2. The lowest BCUT2D eigenvalue weighted by molar-refractivity contribution is -0.120. The van der Waals surface area contributed by atoms with Gasteiger partial charge in [-0.25, -0.2) is 8.42 Å². The van der Waals surface area contributed by atoms with Gasteiger partial charge in [-0.1, -0.05) is 27.7 Å². The number of hydrogen-bond acceptors (Lipinski definition) is 5. The van der Waals surface area contributed by atoms with Crippen molar-refractivity contribution >= 4 is 33.2 Å². The van der Waals surface area contributed by atoms with Crippen LogP contribution in [-0.2, 0) is 14.8 Å². The fraction of sp³-hybridized carbons (Fsp3) is 0.417. The molecule has 0 aromatic heterocycles. The third kappa shape index (κ3) is 6.33. The van der Waals surface area contributed by atoms with Gasteiger partial charge in [-0.15, -0.1) is 0 Å². The minimum Gasteiger partial charge on any atom is -0.495 e. The van der Waals surface area contributed by atoms with E-state index in [9.17, 15) is 18.0 Å². The fourth-order valence-corrected chi connectivity index (χ4v) is 4.95. The highest BCUT2D eigenvalue weighted by molar-refractivity contribution is 7.89. The molecule has 0 aliphatic carbocycles. The highest BCUT2D eigenvalue weighted by Crippen LogP contribution is 2.29. The van der Waals surface area contributed by atoms with Crippen molar-refractivity contribution in [2.75, 3.05) is 30.8 Å². The first-order valence-electron chi connectivity index (χ1n) is 11.1. The van der Waals surface area contributed by atoms with Crippen molar-refractivity contribution in [3.63, 3.8) is 0 Å². The van der Waals surface area contributed by atoms with Gasteiger partial charge in [0.05, 0.1) is 17.7 Å². The number of carbonyl (C=O) groups is 2. The number of benzene rings is 2. The zero-order valence-electron chi connectivity index (χ0n) is 19.8. The van der Waals surface area contributed by atoms with Gasteiger partial charge in [-0.2, -0.15) is 4.31 Å². The molecule has 0 aliphatic rings. The number of nitrogens with zero attached hydrogens (tertiary/aromatic N) is 1. The van der Waals surface area contributed by atoms with Gasteiger partial charge < -0.3 is 15.4 Å². The topological polar surface area (TPSA) is 105 Å². The summed E-state index contributed by atoms with van der Waals surface area (Å²) in [5.41, 5.74) is 1.21. The van der Waals surface area contributed by atoms with Gasteiger partial charge in [0.15, 0.2) is 0 Å². The first-order valence-corrected chi connectivity index (χ1v) is 12.6. The summed E-state index contributed by atoms with van der Waals surface area (Å²) >= 11 is 0. The summed E-state index contributed by atoms with van der Waals surface area (Å²) < 4.78 is 32.4. The monoisotopic (exact) mass is 475 g/mol. The highest BCUT2D eigenvalue weighted by Gasteiger charge is 2.23. The Balaban J connectivity index is 2.23. The molecule has 9 heteroatoms. The summed E-state index contributed by atoms with van der Waals surface area (Å²) in [4.78, 5) is 25.1. The number of carbonyl (C=O) groups excluding carboxylic acids is 2. The Labute approximate surface area is 196 Å². The van der Waals surface area contributed by atoms with E-state index in [-0.39, 0.29) is 22.4 Å². The molecule has 0 atom stereocenters. The average Bonchev–Trinajstić information content (AvgIpc) is 2.80. The van der Waals surface area contributed by atoms with Crippen molar-refractivity contribution in [1.82, 2.24) is 4.31 Å². The van der Waals surface area contributed by atoms with Gasteiger partial charge in [0.1, 0.15) is 5.75 Å². The van der Waals surface area contributed by atoms with Crippen molar-refractivity contribution in [3.05, 3.63) is 48.0 Å². The maximum absolute atomic E-state index is 12.9. The fourth-order valence-electron chi connectivity index (χ4n) is 3.46. The van der Waals surface area contributed by atoms with Crippen LogP contribution in [0.3, 0.4) is 0 Å². The molecule has 0 aliphatic heterocycles. The normalized spacial score (nSPS) is 11.5. The number of nitrogens with one attached hydrogen (secondary N) is 2. The summed E-state index contributed by atoms with van der Waals surface area (Å²) in [5.74, 6) is -0.187. The molecule has 2 aromatic carbocycles. The number of rotatable bonds is 11. The molecule has 0 spiro atoms. The molecule has 0 heterocycles. The number of sulfonamides is 1. The zero-order valence-corrected chi connectivity index (χ0v) is 20.7. The van der Waals surface area contributed by atoms with Gasteiger partial charge >= 0.3 is 0 Å². The summed E-state index contributed by atoms with van der Waals surface area (Å²) in [6.07, 6.45) is 1.52. The molecule has 33 heavy (non-hydrogen) atoms. The van der Waals surface area contributed by atoms with E-state index >= 15 is 0 Å².